The molecule has 0 bridgehead atoms. The number of nitrogens with zero attached hydrogens (tertiary/aromatic N) is 5. The number of rotatable bonds is 10. The van der Waals surface area contributed by atoms with Crippen molar-refractivity contribution >= 4 is 10.9 Å². The molecule has 9 nitrogen and oxygen atoms in total. The molecule has 5 aromatic rings. The Bertz CT molecular complexity index is 1650. The van der Waals surface area contributed by atoms with Crippen LogP contribution < -0.4 is 10.3 Å². The van der Waals surface area contributed by atoms with Gasteiger partial charge < -0.3 is 14.1 Å². The minimum absolute atomic E-state index is 0.177. The second-order valence-corrected chi connectivity index (χ2v) is 10.9. The van der Waals surface area contributed by atoms with Gasteiger partial charge in [-0.2, -0.15) is 0 Å². The molecular weight excluding hydrogens is 504 g/mol. The van der Waals surface area contributed by atoms with Crippen molar-refractivity contribution < 1.29 is 9.15 Å². The fraction of sp³-hybridized carbons (Fsp3) is 0.355. The normalized spacial score (nSPS) is 12.8. The van der Waals surface area contributed by atoms with Crippen molar-refractivity contribution in [2.45, 2.75) is 65.7 Å². The Morgan fingerprint density at radius 3 is 2.50 bits per heavy atom. The molecule has 0 aliphatic heterocycles. The van der Waals surface area contributed by atoms with Crippen LogP contribution in [0.3, 0.4) is 0 Å². The summed E-state index contributed by atoms with van der Waals surface area (Å²) in [5.74, 6) is 2.15. The lowest BCUT2D eigenvalue weighted by molar-refractivity contribution is 0.168. The van der Waals surface area contributed by atoms with E-state index in [1.54, 1.807) is 13.4 Å². The van der Waals surface area contributed by atoms with Crippen molar-refractivity contribution in [3.05, 3.63) is 105 Å². The third-order valence-corrected chi connectivity index (χ3v) is 7.81. The predicted octanol–water partition coefficient (Wildman–Crippen LogP) is 5.67. The molecule has 3 heterocycles. The Labute approximate surface area is 233 Å². The van der Waals surface area contributed by atoms with Gasteiger partial charge in [-0.25, -0.2) is 4.68 Å². The van der Waals surface area contributed by atoms with E-state index in [-0.39, 0.29) is 11.1 Å². The Morgan fingerprint density at radius 1 is 1.07 bits per heavy atom. The number of benzene rings is 2. The molecule has 0 radical (unpaired) electrons. The molecule has 0 fully saturated rings. The van der Waals surface area contributed by atoms with Crippen molar-refractivity contribution in [2.75, 3.05) is 7.11 Å². The zero-order chi connectivity index (χ0) is 28.4. The highest BCUT2D eigenvalue weighted by molar-refractivity contribution is 5.81. The molecule has 0 saturated carbocycles. The number of pyridine rings is 1. The van der Waals surface area contributed by atoms with E-state index in [0.717, 1.165) is 45.5 Å². The fourth-order valence-electron chi connectivity index (χ4n) is 4.95. The van der Waals surface area contributed by atoms with Crippen molar-refractivity contribution in [2.24, 2.45) is 0 Å². The number of ether oxygens (including phenoxy) is 1. The summed E-state index contributed by atoms with van der Waals surface area (Å²) >= 11 is 0. The van der Waals surface area contributed by atoms with Crippen LogP contribution in [0, 0.1) is 13.8 Å². The molecule has 1 atom stereocenters. The molecule has 40 heavy (non-hydrogen) atoms. The van der Waals surface area contributed by atoms with E-state index in [0.29, 0.717) is 24.5 Å². The number of aromatic amines is 1. The van der Waals surface area contributed by atoms with E-state index in [4.69, 9.17) is 9.15 Å². The van der Waals surface area contributed by atoms with Gasteiger partial charge in [0.25, 0.3) is 5.56 Å². The van der Waals surface area contributed by atoms with E-state index < -0.39 is 6.04 Å². The summed E-state index contributed by atoms with van der Waals surface area (Å²) < 4.78 is 13.0. The zero-order valence-electron chi connectivity index (χ0n) is 23.9. The van der Waals surface area contributed by atoms with Crippen LogP contribution in [0.1, 0.15) is 67.1 Å². The molecule has 208 valence electrons. The number of aryl methyl sites for hydroxylation is 2. The first-order valence-corrected chi connectivity index (χ1v) is 13.5. The van der Waals surface area contributed by atoms with Gasteiger partial charge >= 0.3 is 0 Å². The molecule has 0 amide bonds. The van der Waals surface area contributed by atoms with E-state index >= 15 is 0 Å². The third kappa shape index (κ3) is 5.42. The first kappa shape index (κ1) is 27.3. The summed E-state index contributed by atoms with van der Waals surface area (Å²) in [6, 6.07) is 17.3. The van der Waals surface area contributed by atoms with Crippen LogP contribution in [0.4, 0.5) is 0 Å². The van der Waals surface area contributed by atoms with Crippen LogP contribution in [-0.2, 0) is 18.6 Å². The second-order valence-electron chi connectivity index (χ2n) is 10.9. The van der Waals surface area contributed by atoms with Crippen LogP contribution in [0.15, 0.2) is 70.1 Å². The van der Waals surface area contributed by atoms with Crippen molar-refractivity contribution in [3.8, 4) is 5.75 Å². The van der Waals surface area contributed by atoms with Gasteiger partial charge in [-0.15, -0.1) is 5.10 Å². The van der Waals surface area contributed by atoms with Crippen molar-refractivity contribution in [3.63, 3.8) is 0 Å². The summed E-state index contributed by atoms with van der Waals surface area (Å²) in [6.45, 7) is 11.4. The first-order valence-electron chi connectivity index (χ1n) is 13.5. The molecule has 3 aromatic heterocycles. The summed E-state index contributed by atoms with van der Waals surface area (Å²) in [5.41, 5.74) is 4.16. The number of hydrogen-bond acceptors (Lipinski definition) is 7. The maximum Gasteiger partial charge on any atom is 0.253 e. The van der Waals surface area contributed by atoms with Gasteiger partial charge in [0, 0.05) is 17.6 Å². The summed E-state index contributed by atoms with van der Waals surface area (Å²) in [7, 11) is 1.65. The topological polar surface area (TPSA) is 102 Å². The molecule has 0 aliphatic rings. The summed E-state index contributed by atoms with van der Waals surface area (Å²) in [4.78, 5) is 19.2. The number of nitrogens with one attached hydrogen (secondary N) is 1. The van der Waals surface area contributed by atoms with Crippen molar-refractivity contribution in [1.29, 1.82) is 0 Å². The lowest BCUT2D eigenvalue weighted by Crippen LogP contribution is -2.38. The van der Waals surface area contributed by atoms with Gasteiger partial charge in [-0.05, 0) is 109 Å². The van der Waals surface area contributed by atoms with Crippen LogP contribution >= 0.6 is 0 Å². The van der Waals surface area contributed by atoms with Gasteiger partial charge in [0.2, 0.25) is 0 Å². The van der Waals surface area contributed by atoms with E-state index in [1.807, 2.05) is 60.1 Å². The Hall–Kier alpha value is -4.24. The summed E-state index contributed by atoms with van der Waals surface area (Å²) in [5, 5.41) is 14.0. The standard InChI is InChI=1S/C31H36N6O3/c1-7-31(4,5)37-29(33-34-35-37)28(26-17-23-15-20(2)21(3)16-27(23)32-30(26)38)36(19-25-9-8-14-40-25)18-22-10-12-24(39-6)13-11-22/h8-17,28H,7,18-19H2,1-6H3,(H,32,38)/t28-/m0/s1. The van der Waals surface area contributed by atoms with Gasteiger partial charge in [-0.1, -0.05) is 19.1 Å². The molecular formula is C31H36N6O3. The lowest BCUT2D eigenvalue weighted by Gasteiger charge is -2.33. The number of fused-ring (bicyclic) bond motifs is 1. The number of methoxy groups -OCH3 is 1. The predicted molar refractivity (Wildman–Crippen MR) is 154 cm³/mol. The number of H-pyrrole nitrogens is 1. The molecule has 0 spiro atoms. The zero-order valence-corrected chi connectivity index (χ0v) is 23.9. The number of aromatic nitrogens is 5. The molecule has 5 rings (SSSR count). The van der Waals surface area contributed by atoms with Gasteiger partial charge in [0.1, 0.15) is 17.6 Å². The average Bonchev–Trinajstić information content (AvgIpc) is 3.64. The molecule has 9 heteroatoms. The summed E-state index contributed by atoms with van der Waals surface area (Å²) in [6.07, 6.45) is 2.47. The number of furan rings is 1. The van der Waals surface area contributed by atoms with E-state index in [9.17, 15) is 4.79 Å². The Kier molecular flexibility index (Phi) is 7.58. The van der Waals surface area contributed by atoms with Gasteiger partial charge in [-0.3, -0.25) is 9.69 Å². The molecule has 0 aliphatic carbocycles. The second kappa shape index (κ2) is 11.1. The molecule has 1 N–H and O–H groups in total. The average molecular weight is 541 g/mol. The highest BCUT2D eigenvalue weighted by atomic mass is 16.5. The van der Waals surface area contributed by atoms with Crippen molar-refractivity contribution in [1.82, 2.24) is 30.1 Å². The quantitative estimate of drug-likeness (QED) is 0.243. The highest BCUT2D eigenvalue weighted by Crippen LogP contribution is 2.33. The maximum absolute atomic E-state index is 13.8. The largest absolute Gasteiger partial charge is 0.497 e. The monoisotopic (exact) mass is 540 g/mol. The van der Waals surface area contributed by atoms with E-state index in [1.165, 1.54) is 0 Å². The highest BCUT2D eigenvalue weighted by Gasteiger charge is 2.35. The van der Waals surface area contributed by atoms with E-state index in [2.05, 4.69) is 59.2 Å². The van der Waals surface area contributed by atoms with Crippen LogP contribution in [-0.4, -0.2) is 37.2 Å². The molecule has 2 aromatic carbocycles. The Balaban J connectivity index is 1.72. The van der Waals surface area contributed by atoms with Gasteiger partial charge in [0.05, 0.1) is 25.5 Å². The SMILES string of the molecule is CCC(C)(C)n1nnnc1[C@H](c1cc2cc(C)c(C)cc2[nH]c1=O)N(Cc1ccc(OC)cc1)Cc1ccco1. The van der Waals surface area contributed by atoms with Crippen LogP contribution in [0.5, 0.6) is 5.75 Å². The van der Waals surface area contributed by atoms with Crippen LogP contribution in [0.25, 0.3) is 10.9 Å². The third-order valence-electron chi connectivity index (χ3n) is 7.81. The molecule has 0 unspecified atom stereocenters. The lowest BCUT2D eigenvalue weighted by atomic mass is 9.98. The van der Waals surface area contributed by atoms with Gasteiger partial charge in [0.15, 0.2) is 5.82 Å². The first-order chi connectivity index (χ1) is 19.2. The smallest absolute Gasteiger partial charge is 0.253 e. The minimum atomic E-state index is -0.567. The minimum Gasteiger partial charge on any atom is -0.497 e. The fourth-order valence-corrected chi connectivity index (χ4v) is 4.95. The number of tetrazole rings is 1. The Morgan fingerprint density at radius 2 is 1.82 bits per heavy atom. The number of hydrogen-bond donors (Lipinski definition) is 1. The van der Waals surface area contributed by atoms with Crippen LogP contribution in [0.2, 0.25) is 0 Å². The molecule has 0 saturated heterocycles. The maximum atomic E-state index is 13.8.